The lowest BCUT2D eigenvalue weighted by molar-refractivity contribution is -0.128. The van der Waals surface area contributed by atoms with Crippen LogP contribution in [-0.2, 0) is 4.79 Å². The summed E-state index contributed by atoms with van der Waals surface area (Å²) in [6, 6.07) is 6.16. The predicted octanol–water partition coefficient (Wildman–Crippen LogP) is 3.85. The highest BCUT2D eigenvalue weighted by atomic mass is 32.2. The minimum absolute atomic E-state index is 0.160. The van der Waals surface area contributed by atoms with Crippen molar-refractivity contribution in [2.75, 3.05) is 18.8 Å². The summed E-state index contributed by atoms with van der Waals surface area (Å²) in [5.41, 5.74) is 3.24. The van der Waals surface area contributed by atoms with Gasteiger partial charge in [0.15, 0.2) is 0 Å². The number of rotatable bonds is 4. The summed E-state index contributed by atoms with van der Waals surface area (Å²) < 4.78 is 5.71. The molecule has 0 N–H and O–H groups in total. The van der Waals surface area contributed by atoms with E-state index < -0.39 is 0 Å². The van der Waals surface area contributed by atoms with E-state index in [4.69, 9.17) is 4.42 Å². The van der Waals surface area contributed by atoms with Crippen LogP contribution >= 0.6 is 11.8 Å². The van der Waals surface area contributed by atoms with Gasteiger partial charge < -0.3 is 9.32 Å². The standard InChI is InChI=1S/C18H23N3O2S/c1-13-9-14(2)11-15(10-13)17-19-20-18(23-17)24-12-16(22)21-7-5-3-4-6-8-21/h9-11H,3-8,12H2,1-2H3. The summed E-state index contributed by atoms with van der Waals surface area (Å²) in [5, 5.41) is 8.63. The van der Waals surface area contributed by atoms with Gasteiger partial charge in [0, 0.05) is 18.7 Å². The molecule has 2 heterocycles. The van der Waals surface area contributed by atoms with E-state index >= 15 is 0 Å². The lowest BCUT2D eigenvalue weighted by atomic mass is 10.1. The van der Waals surface area contributed by atoms with Crippen LogP contribution in [-0.4, -0.2) is 39.8 Å². The molecule has 0 spiro atoms. The maximum absolute atomic E-state index is 12.3. The SMILES string of the molecule is Cc1cc(C)cc(-c2nnc(SCC(=O)N3CCCCCC3)o2)c1. The zero-order valence-corrected chi connectivity index (χ0v) is 15.1. The summed E-state index contributed by atoms with van der Waals surface area (Å²) >= 11 is 1.32. The molecule has 2 aromatic rings. The van der Waals surface area contributed by atoms with Crippen LogP contribution in [0.1, 0.15) is 36.8 Å². The van der Waals surface area contributed by atoms with Crippen LogP contribution in [0.2, 0.25) is 0 Å². The lowest BCUT2D eigenvalue weighted by Gasteiger charge is -2.19. The van der Waals surface area contributed by atoms with Gasteiger partial charge in [-0.05, 0) is 38.8 Å². The molecule has 0 radical (unpaired) electrons. The summed E-state index contributed by atoms with van der Waals surface area (Å²) in [7, 11) is 0. The molecule has 128 valence electrons. The van der Waals surface area contributed by atoms with Crippen molar-refractivity contribution in [1.82, 2.24) is 15.1 Å². The van der Waals surface area contributed by atoms with Gasteiger partial charge >= 0.3 is 0 Å². The monoisotopic (exact) mass is 345 g/mol. The topological polar surface area (TPSA) is 59.2 Å². The fourth-order valence-corrected chi connectivity index (χ4v) is 3.68. The highest BCUT2D eigenvalue weighted by Gasteiger charge is 2.17. The van der Waals surface area contributed by atoms with Gasteiger partial charge in [-0.2, -0.15) is 0 Å². The summed E-state index contributed by atoms with van der Waals surface area (Å²) in [4.78, 5) is 14.3. The van der Waals surface area contributed by atoms with E-state index in [1.54, 1.807) is 0 Å². The van der Waals surface area contributed by atoms with Crippen LogP contribution in [0.15, 0.2) is 27.8 Å². The Balaban J connectivity index is 1.60. The van der Waals surface area contributed by atoms with Crippen LogP contribution in [0.25, 0.3) is 11.5 Å². The fraction of sp³-hybridized carbons (Fsp3) is 0.500. The Morgan fingerprint density at radius 3 is 2.42 bits per heavy atom. The molecule has 1 aliphatic heterocycles. The Kier molecular flexibility index (Phi) is 5.56. The smallest absolute Gasteiger partial charge is 0.277 e. The first-order valence-electron chi connectivity index (χ1n) is 8.44. The number of benzene rings is 1. The maximum Gasteiger partial charge on any atom is 0.277 e. The van der Waals surface area contributed by atoms with E-state index in [0.717, 1.165) is 42.6 Å². The molecule has 1 aliphatic rings. The number of carbonyl (C=O) groups excluding carboxylic acids is 1. The first-order chi connectivity index (χ1) is 11.6. The maximum atomic E-state index is 12.3. The third-order valence-electron chi connectivity index (χ3n) is 4.15. The van der Waals surface area contributed by atoms with Crippen molar-refractivity contribution in [2.45, 2.75) is 44.8 Å². The fourth-order valence-electron chi connectivity index (χ4n) is 3.02. The van der Waals surface area contributed by atoms with E-state index in [-0.39, 0.29) is 5.91 Å². The van der Waals surface area contributed by atoms with Crippen molar-refractivity contribution in [1.29, 1.82) is 0 Å². The quantitative estimate of drug-likeness (QED) is 0.788. The molecule has 1 saturated heterocycles. The molecule has 6 heteroatoms. The average Bonchev–Trinajstić information content (AvgIpc) is 2.85. The zero-order valence-electron chi connectivity index (χ0n) is 14.2. The van der Waals surface area contributed by atoms with Gasteiger partial charge in [-0.3, -0.25) is 4.79 Å². The van der Waals surface area contributed by atoms with Crippen molar-refractivity contribution in [3.05, 3.63) is 29.3 Å². The first kappa shape index (κ1) is 17.0. The molecule has 1 fully saturated rings. The third kappa shape index (κ3) is 4.38. The Morgan fingerprint density at radius 1 is 1.08 bits per heavy atom. The minimum atomic E-state index is 0.160. The third-order valence-corrected chi connectivity index (χ3v) is 4.96. The predicted molar refractivity (Wildman–Crippen MR) is 95.0 cm³/mol. The second kappa shape index (κ2) is 7.83. The van der Waals surface area contributed by atoms with Gasteiger partial charge in [-0.15, -0.1) is 10.2 Å². The molecule has 0 saturated carbocycles. The van der Waals surface area contributed by atoms with Gasteiger partial charge in [0.25, 0.3) is 5.22 Å². The minimum Gasteiger partial charge on any atom is -0.411 e. The van der Waals surface area contributed by atoms with Crippen molar-refractivity contribution >= 4 is 17.7 Å². The number of aryl methyl sites for hydroxylation is 2. The van der Waals surface area contributed by atoms with Gasteiger partial charge in [-0.25, -0.2) is 0 Å². The normalized spacial score (nSPS) is 15.3. The first-order valence-corrected chi connectivity index (χ1v) is 9.43. The summed E-state index contributed by atoms with van der Waals surface area (Å²) in [5.74, 6) is 1.02. The van der Waals surface area contributed by atoms with Crippen LogP contribution in [0.5, 0.6) is 0 Å². The number of likely N-dealkylation sites (tertiary alicyclic amines) is 1. The molecule has 5 nitrogen and oxygen atoms in total. The zero-order chi connectivity index (χ0) is 16.9. The van der Waals surface area contributed by atoms with E-state index in [1.807, 2.05) is 30.9 Å². The molecule has 0 atom stereocenters. The van der Waals surface area contributed by atoms with Gasteiger partial charge in [-0.1, -0.05) is 41.8 Å². The molecular formula is C18H23N3O2S. The van der Waals surface area contributed by atoms with E-state index in [2.05, 4.69) is 16.3 Å². The molecule has 0 aliphatic carbocycles. The van der Waals surface area contributed by atoms with Crippen LogP contribution < -0.4 is 0 Å². The molecule has 0 unspecified atom stereocenters. The van der Waals surface area contributed by atoms with E-state index in [1.165, 1.54) is 24.6 Å². The number of hydrogen-bond acceptors (Lipinski definition) is 5. The van der Waals surface area contributed by atoms with Crippen molar-refractivity contribution in [2.24, 2.45) is 0 Å². The van der Waals surface area contributed by atoms with Gasteiger partial charge in [0.05, 0.1) is 5.75 Å². The summed E-state index contributed by atoms with van der Waals surface area (Å²) in [6.07, 6.45) is 4.65. The number of hydrogen-bond donors (Lipinski definition) is 0. The number of carbonyl (C=O) groups is 1. The molecular weight excluding hydrogens is 322 g/mol. The van der Waals surface area contributed by atoms with Gasteiger partial charge in [0.1, 0.15) is 0 Å². The number of nitrogens with zero attached hydrogens (tertiary/aromatic N) is 3. The van der Waals surface area contributed by atoms with Gasteiger partial charge in [0.2, 0.25) is 11.8 Å². The molecule has 1 amide bonds. The summed E-state index contributed by atoms with van der Waals surface area (Å²) in [6.45, 7) is 5.83. The van der Waals surface area contributed by atoms with Crippen LogP contribution in [0.4, 0.5) is 0 Å². The largest absolute Gasteiger partial charge is 0.411 e. The molecule has 24 heavy (non-hydrogen) atoms. The Hall–Kier alpha value is -1.82. The lowest BCUT2D eigenvalue weighted by Crippen LogP contribution is -2.33. The van der Waals surface area contributed by atoms with Crippen molar-refractivity contribution < 1.29 is 9.21 Å². The average molecular weight is 345 g/mol. The molecule has 1 aromatic carbocycles. The highest BCUT2D eigenvalue weighted by molar-refractivity contribution is 7.99. The second-order valence-corrected chi connectivity index (χ2v) is 7.26. The number of thioether (sulfide) groups is 1. The Morgan fingerprint density at radius 2 is 1.75 bits per heavy atom. The highest BCUT2D eigenvalue weighted by Crippen LogP contribution is 2.25. The van der Waals surface area contributed by atoms with E-state index in [0.29, 0.717) is 16.9 Å². The second-order valence-electron chi connectivity index (χ2n) is 6.33. The van der Waals surface area contributed by atoms with Crippen molar-refractivity contribution in [3.63, 3.8) is 0 Å². The number of amides is 1. The Bertz CT molecular complexity index is 686. The molecule has 1 aromatic heterocycles. The van der Waals surface area contributed by atoms with Crippen LogP contribution in [0, 0.1) is 13.8 Å². The number of aromatic nitrogens is 2. The van der Waals surface area contributed by atoms with E-state index in [9.17, 15) is 4.79 Å². The molecule has 3 rings (SSSR count). The Labute approximate surface area is 146 Å². The van der Waals surface area contributed by atoms with Crippen molar-refractivity contribution in [3.8, 4) is 11.5 Å². The van der Waals surface area contributed by atoms with Crippen LogP contribution in [0.3, 0.4) is 0 Å². The molecule has 0 bridgehead atoms.